The third kappa shape index (κ3) is 4.60. The number of carbonyl (C=O) groups is 3. The van der Waals surface area contributed by atoms with Gasteiger partial charge in [0.15, 0.2) is 0 Å². The van der Waals surface area contributed by atoms with Gasteiger partial charge in [-0.25, -0.2) is 15.0 Å². The molecule has 0 aromatic heterocycles. The first kappa shape index (κ1) is 16.1. The highest BCUT2D eigenvalue weighted by atomic mass is 16.5. The molecule has 114 valence electrons. The molecule has 2 N–H and O–H groups in total. The highest BCUT2D eigenvalue weighted by Crippen LogP contribution is 2.17. The van der Waals surface area contributed by atoms with Gasteiger partial charge in [-0.2, -0.15) is 0 Å². The molecule has 0 radical (unpaired) electrons. The highest BCUT2D eigenvalue weighted by molar-refractivity contribution is 5.81. The van der Waals surface area contributed by atoms with Crippen molar-refractivity contribution < 1.29 is 19.1 Å². The number of piperidine rings is 1. The van der Waals surface area contributed by atoms with Crippen LogP contribution >= 0.6 is 0 Å². The van der Waals surface area contributed by atoms with Crippen molar-refractivity contribution in [1.29, 1.82) is 0 Å². The first-order valence-corrected chi connectivity index (χ1v) is 6.64. The van der Waals surface area contributed by atoms with Crippen molar-refractivity contribution in [2.75, 3.05) is 33.8 Å². The number of carbonyl (C=O) groups excluding carboxylic acids is 3. The summed E-state index contributed by atoms with van der Waals surface area (Å²) in [7, 11) is 3.40. The van der Waals surface area contributed by atoms with Gasteiger partial charge in [0, 0.05) is 33.1 Å². The summed E-state index contributed by atoms with van der Waals surface area (Å²) in [5, 5.41) is 0. The molecule has 1 aliphatic heterocycles. The Balaban J connectivity index is 2.32. The van der Waals surface area contributed by atoms with Gasteiger partial charge in [0.1, 0.15) is 0 Å². The minimum atomic E-state index is -0.680. The van der Waals surface area contributed by atoms with Gasteiger partial charge in [0.2, 0.25) is 5.91 Å². The fourth-order valence-electron chi connectivity index (χ4n) is 2.00. The minimum absolute atomic E-state index is 0.0477. The second-order valence-electron chi connectivity index (χ2n) is 4.77. The van der Waals surface area contributed by atoms with Crippen LogP contribution in [0.1, 0.15) is 19.8 Å². The van der Waals surface area contributed by atoms with Crippen molar-refractivity contribution in [1.82, 2.24) is 20.7 Å². The molecule has 20 heavy (non-hydrogen) atoms. The molecule has 0 aliphatic carbocycles. The quantitative estimate of drug-likeness (QED) is 0.707. The number of hydrazine groups is 1. The molecular formula is C12H22N4O4. The Morgan fingerprint density at radius 2 is 1.80 bits per heavy atom. The monoisotopic (exact) mass is 286 g/mol. The highest BCUT2D eigenvalue weighted by Gasteiger charge is 2.28. The molecule has 4 amide bonds. The van der Waals surface area contributed by atoms with Gasteiger partial charge in [-0.1, -0.05) is 0 Å². The molecule has 0 unspecified atom stereocenters. The Hall–Kier alpha value is -1.99. The summed E-state index contributed by atoms with van der Waals surface area (Å²) < 4.78 is 4.63. The van der Waals surface area contributed by atoms with E-state index < -0.39 is 6.09 Å². The Kier molecular flexibility index (Phi) is 6.08. The third-order valence-electron chi connectivity index (χ3n) is 3.08. The van der Waals surface area contributed by atoms with E-state index in [2.05, 4.69) is 15.6 Å². The summed E-state index contributed by atoms with van der Waals surface area (Å²) in [4.78, 5) is 37.8. The van der Waals surface area contributed by atoms with Crippen molar-refractivity contribution in [3.8, 4) is 0 Å². The van der Waals surface area contributed by atoms with Crippen LogP contribution in [-0.2, 0) is 9.53 Å². The van der Waals surface area contributed by atoms with Crippen LogP contribution < -0.4 is 10.9 Å². The van der Waals surface area contributed by atoms with Crippen LogP contribution in [0, 0.1) is 5.92 Å². The molecule has 1 saturated heterocycles. The zero-order valence-corrected chi connectivity index (χ0v) is 12.1. The van der Waals surface area contributed by atoms with Crippen molar-refractivity contribution in [2.45, 2.75) is 19.8 Å². The normalized spacial score (nSPS) is 15.4. The number of ether oxygens (including phenoxy) is 1. The van der Waals surface area contributed by atoms with E-state index in [9.17, 15) is 14.4 Å². The Labute approximate surface area is 118 Å². The minimum Gasteiger partial charge on any atom is -0.449 e. The predicted octanol–water partition coefficient (Wildman–Crippen LogP) is 0.157. The van der Waals surface area contributed by atoms with Crippen LogP contribution in [-0.4, -0.2) is 61.6 Å². The van der Waals surface area contributed by atoms with E-state index in [1.807, 2.05) is 0 Å². The molecule has 8 heteroatoms. The standard InChI is InChI=1S/C12H22N4O4/c1-4-20-11(18)14-13-10(17)9-5-7-16(8-6-9)12(19)15(2)3/h9H,4-8H2,1-3H3,(H,13,17)(H,14,18). The molecular weight excluding hydrogens is 264 g/mol. The maximum absolute atomic E-state index is 11.8. The fourth-order valence-corrected chi connectivity index (χ4v) is 2.00. The summed E-state index contributed by atoms with van der Waals surface area (Å²) in [6.07, 6.45) is 0.479. The summed E-state index contributed by atoms with van der Waals surface area (Å²) >= 11 is 0. The van der Waals surface area contributed by atoms with Crippen molar-refractivity contribution in [2.24, 2.45) is 5.92 Å². The lowest BCUT2D eigenvalue weighted by molar-refractivity contribution is -0.127. The average molecular weight is 286 g/mol. The molecule has 0 saturated carbocycles. The molecule has 0 bridgehead atoms. The summed E-state index contributed by atoms with van der Waals surface area (Å²) in [6.45, 7) is 2.99. The SMILES string of the molecule is CCOC(=O)NNC(=O)C1CCN(C(=O)N(C)C)CC1. The molecule has 0 aromatic rings. The molecule has 1 heterocycles. The topological polar surface area (TPSA) is 91.0 Å². The van der Waals surface area contributed by atoms with E-state index in [0.29, 0.717) is 25.9 Å². The van der Waals surface area contributed by atoms with E-state index in [0.717, 1.165) is 0 Å². The number of nitrogens with zero attached hydrogens (tertiary/aromatic N) is 2. The van der Waals surface area contributed by atoms with Crippen molar-refractivity contribution >= 4 is 18.0 Å². The lowest BCUT2D eigenvalue weighted by Gasteiger charge is -2.32. The molecule has 0 atom stereocenters. The maximum atomic E-state index is 11.8. The number of urea groups is 1. The van der Waals surface area contributed by atoms with E-state index >= 15 is 0 Å². The molecule has 1 aliphatic rings. The summed E-state index contributed by atoms with van der Waals surface area (Å²) in [6, 6.07) is -0.0477. The van der Waals surface area contributed by atoms with Crippen molar-refractivity contribution in [3.05, 3.63) is 0 Å². The number of hydrogen-bond donors (Lipinski definition) is 2. The fraction of sp³-hybridized carbons (Fsp3) is 0.750. The predicted molar refractivity (Wildman–Crippen MR) is 71.7 cm³/mol. The number of rotatable bonds is 2. The van der Waals surface area contributed by atoms with Crippen molar-refractivity contribution in [3.63, 3.8) is 0 Å². The van der Waals surface area contributed by atoms with Gasteiger partial charge < -0.3 is 14.5 Å². The van der Waals surface area contributed by atoms with Gasteiger partial charge in [0.25, 0.3) is 0 Å². The van der Waals surface area contributed by atoms with Gasteiger partial charge in [-0.3, -0.25) is 10.2 Å². The van der Waals surface area contributed by atoms with E-state index in [1.54, 1.807) is 25.9 Å². The van der Waals surface area contributed by atoms with Crippen LogP contribution in [0.2, 0.25) is 0 Å². The summed E-state index contributed by atoms with van der Waals surface area (Å²) in [5.41, 5.74) is 4.51. The van der Waals surface area contributed by atoms with Crippen LogP contribution in [0.5, 0.6) is 0 Å². The molecule has 8 nitrogen and oxygen atoms in total. The average Bonchev–Trinajstić information content (AvgIpc) is 2.44. The number of amides is 4. The van der Waals surface area contributed by atoms with Gasteiger partial charge in [0.05, 0.1) is 6.61 Å². The van der Waals surface area contributed by atoms with Crippen LogP contribution in [0.25, 0.3) is 0 Å². The van der Waals surface area contributed by atoms with Crippen LogP contribution in [0.4, 0.5) is 9.59 Å². The Bertz CT molecular complexity index is 364. The second kappa shape index (κ2) is 7.56. The third-order valence-corrected chi connectivity index (χ3v) is 3.08. The van der Waals surface area contributed by atoms with Crippen LogP contribution in [0.3, 0.4) is 0 Å². The second-order valence-corrected chi connectivity index (χ2v) is 4.77. The van der Waals surface area contributed by atoms with E-state index in [4.69, 9.17) is 0 Å². The zero-order valence-electron chi connectivity index (χ0n) is 12.1. The Morgan fingerprint density at radius 1 is 1.20 bits per heavy atom. The smallest absolute Gasteiger partial charge is 0.426 e. The van der Waals surface area contributed by atoms with Gasteiger partial charge in [-0.05, 0) is 19.8 Å². The molecule has 1 rings (SSSR count). The van der Waals surface area contributed by atoms with E-state index in [1.165, 1.54) is 4.90 Å². The van der Waals surface area contributed by atoms with E-state index in [-0.39, 0.29) is 24.5 Å². The Morgan fingerprint density at radius 3 is 2.30 bits per heavy atom. The lowest BCUT2D eigenvalue weighted by atomic mass is 9.96. The maximum Gasteiger partial charge on any atom is 0.426 e. The summed E-state index contributed by atoms with van der Waals surface area (Å²) in [5.74, 6) is -0.460. The first-order chi connectivity index (χ1) is 9.45. The largest absolute Gasteiger partial charge is 0.449 e. The number of likely N-dealkylation sites (tertiary alicyclic amines) is 1. The number of nitrogens with one attached hydrogen (secondary N) is 2. The molecule has 1 fully saturated rings. The van der Waals surface area contributed by atoms with Crippen LogP contribution in [0.15, 0.2) is 0 Å². The molecule has 0 aromatic carbocycles. The first-order valence-electron chi connectivity index (χ1n) is 6.64. The lowest BCUT2D eigenvalue weighted by Crippen LogP contribution is -2.49. The van der Waals surface area contributed by atoms with Gasteiger partial charge >= 0.3 is 12.1 Å². The van der Waals surface area contributed by atoms with Gasteiger partial charge in [-0.15, -0.1) is 0 Å². The molecule has 0 spiro atoms. The number of hydrogen-bond acceptors (Lipinski definition) is 4. The zero-order chi connectivity index (χ0) is 15.1.